The van der Waals surface area contributed by atoms with E-state index in [0.29, 0.717) is 18.2 Å². The predicted molar refractivity (Wildman–Crippen MR) is 65.9 cm³/mol. The van der Waals surface area contributed by atoms with E-state index in [0.717, 1.165) is 0 Å². The molecule has 1 aromatic carbocycles. The van der Waals surface area contributed by atoms with Gasteiger partial charge in [0.25, 0.3) is 10.0 Å². The van der Waals surface area contributed by atoms with E-state index in [9.17, 15) is 30.4 Å². The molecule has 4 nitrogen and oxygen atoms in total. The zero-order chi connectivity index (χ0) is 15.7. The molecule has 0 saturated heterocycles. The summed E-state index contributed by atoms with van der Waals surface area (Å²) in [7, 11) is -5.04. The van der Waals surface area contributed by atoms with Gasteiger partial charge in [-0.2, -0.15) is 22.0 Å². The Morgan fingerprint density at radius 1 is 1.30 bits per heavy atom. The first kappa shape index (κ1) is 16.6. The number of halogens is 5. The van der Waals surface area contributed by atoms with Crippen LogP contribution < -0.4 is 10.5 Å². The van der Waals surface area contributed by atoms with Crippen LogP contribution in [-0.4, -0.2) is 19.2 Å². The molecule has 0 aliphatic rings. The third kappa shape index (κ3) is 3.76. The average Bonchev–Trinajstić information content (AvgIpc) is 2.26. The molecule has 11 heteroatoms. The third-order valence-electron chi connectivity index (χ3n) is 2.10. The summed E-state index contributed by atoms with van der Waals surface area (Å²) in [5.41, 5.74) is 2.97. The van der Waals surface area contributed by atoms with Gasteiger partial charge in [-0.05, 0) is 18.2 Å². The molecule has 0 bridgehead atoms. The van der Waals surface area contributed by atoms with Crippen molar-refractivity contribution in [1.29, 1.82) is 0 Å². The van der Waals surface area contributed by atoms with E-state index in [-0.39, 0.29) is 0 Å². The number of hydrogen-bond donors (Lipinski definition) is 2. The second-order valence-electron chi connectivity index (χ2n) is 3.53. The van der Waals surface area contributed by atoms with Crippen LogP contribution in [0.2, 0.25) is 0 Å². The van der Waals surface area contributed by atoms with E-state index in [1.807, 2.05) is 0 Å². The first-order valence-electron chi connectivity index (χ1n) is 4.76. The summed E-state index contributed by atoms with van der Waals surface area (Å²) < 4.78 is 85.3. The van der Waals surface area contributed by atoms with Gasteiger partial charge in [-0.1, -0.05) is 12.2 Å². The first-order chi connectivity index (χ1) is 8.95. The van der Waals surface area contributed by atoms with Crippen LogP contribution >= 0.6 is 12.2 Å². The number of sulfonamides is 1. The molecule has 0 heterocycles. The molecule has 0 atom stereocenters. The molecule has 0 aliphatic heterocycles. The fraction of sp³-hybridized carbons (Fsp3) is 0.222. The van der Waals surface area contributed by atoms with Crippen molar-refractivity contribution >= 4 is 32.9 Å². The number of anilines is 1. The molecule has 0 saturated carbocycles. The molecule has 0 spiro atoms. The lowest BCUT2D eigenvalue weighted by molar-refractivity contribution is -0.137. The lowest BCUT2D eigenvalue weighted by atomic mass is 10.1. The minimum atomic E-state index is -5.04. The average molecular weight is 334 g/mol. The molecule has 0 unspecified atom stereocenters. The molecule has 0 amide bonds. The molecule has 112 valence electrons. The molecule has 0 aliphatic carbocycles. The second-order valence-corrected chi connectivity index (χ2v) is 5.62. The normalized spacial score (nSPS) is 12.5. The Balaban J connectivity index is 3.32. The molecular weight excluding hydrogens is 327 g/mol. The van der Waals surface area contributed by atoms with E-state index in [1.165, 1.54) is 4.72 Å². The third-order valence-corrected chi connectivity index (χ3v) is 3.29. The molecule has 20 heavy (non-hydrogen) atoms. The Kier molecular flexibility index (Phi) is 4.54. The van der Waals surface area contributed by atoms with Crippen LogP contribution in [0.15, 0.2) is 18.2 Å². The molecule has 0 fully saturated rings. The Morgan fingerprint density at radius 2 is 1.85 bits per heavy atom. The second kappa shape index (κ2) is 5.48. The zero-order valence-corrected chi connectivity index (χ0v) is 11.0. The van der Waals surface area contributed by atoms with Gasteiger partial charge in [0, 0.05) is 5.56 Å². The summed E-state index contributed by atoms with van der Waals surface area (Å²) in [4.78, 5) is -0.567. The fourth-order valence-electron chi connectivity index (χ4n) is 1.21. The van der Waals surface area contributed by atoms with Gasteiger partial charge in [0.2, 0.25) is 0 Å². The van der Waals surface area contributed by atoms with Crippen molar-refractivity contribution in [2.75, 3.05) is 4.72 Å². The van der Waals surface area contributed by atoms with E-state index in [1.54, 1.807) is 0 Å². The lowest BCUT2D eigenvalue weighted by Crippen LogP contribution is -2.23. The summed E-state index contributed by atoms with van der Waals surface area (Å²) in [6, 6.07) is 1.66. The summed E-state index contributed by atoms with van der Waals surface area (Å²) in [6.45, 7) is 0. The molecule has 1 rings (SSSR count). The number of rotatable bonds is 4. The minimum absolute atomic E-state index is 0.478. The predicted octanol–water partition coefficient (Wildman–Crippen LogP) is 2.30. The first-order valence-corrected chi connectivity index (χ1v) is 6.71. The summed E-state index contributed by atoms with van der Waals surface area (Å²) in [6.07, 6.45) is -4.71. The smallest absolute Gasteiger partial charge is 0.389 e. The van der Waals surface area contributed by atoms with Gasteiger partial charge in [0.05, 0.1) is 11.3 Å². The van der Waals surface area contributed by atoms with Gasteiger partial charge in [-0.3, -0.25) is 4.72 Å². The summed E-state index contributed by atoms with van der Waals surface area (Å²) >= 11 is 4.48. The Morgan fingerprint density at radius 3 is 2.25 bits per heavy atom. The summed E-state index contributed by atoms with van der Waals surface area (Å²) in [5, 5.41) is 0. The van der Waals surface area contributed by atoms with Gasteiger partial charge in [-0.15, -0.1) is 0 Å². The quantitative estimate of drug-likeness (QED) is 0.655. The standard InChI is InChI=1S/C9H7F5N2O2S2/c10-8(11)20(17,18)16-6-2-1-4(9(12,13)14)3-5(6)7(15)19/h1-3,8,16H,(H2,15,19). The Bertz CT molecular complexity index is 628. The molecule has 1 aromatic rings. The number of nitrogens with one attached hydrogen (secondary N) is 1. The van der Waals surface area contributed by atoms with Crippen molar-refractivity contribution in [2.45, 2.75) is 11.9 Å². The maximum absolute atomic E-state index is 12.5. The highest BCUT2D eigenvalue weighted by Crippen LogP contribution is 2.32. The Labute approximate surface area is 115 Å². The maximum Gasteiger partial charge on any atom is 0.416 e. The van der Waals surface area contributed by atoms with Gasteiger partial charge in [-0.25, -0.2) is 8.42 Å². The largest absolute Gasteiger partial charge is 0.416 e. The van der Waals surface area contributed by atoms with E-state index in [2.05, 4.69) is 12.2 Å². The van der Waals surface area contributed by atoms with Crippen LogP contribution in [0.1, 0.15) is 11.1 Å². The van der Waals surface area contributed by atoms with Gasteiger partial charge in [0.1, 0.15) is 4.99 Å². The van der Waals surface area contributed by atoms with Gasteiger partial charge in [0.15, 0.2) is 0 Å². The van der Waals surface area contributed by atoms with Crippen molar-refractivity contribution in [1.82, 2.24) is 0 Å². The highest BCUT2D eigenvalue weighted by molar-refractivity contribution is 7.93. The topological polar surface area (TPSA) is 72.2 Å². The van der Waals surface area contributed by atoms with Gasteiger partial charge < -0.3 is 5.73 Å². The van der Waals surface area contributed by atoms with Gasteiger partial charge >= 0.3 is 11.9 Å². The number of alkyl halides is 5. The van der Waals surface area contributed by atoms with Crippen molar-refractivity contribution in [3.05, 3.63) is 29.3 Å². The van der Waals surface area contributed by atoms with Crippen LogP contribution in [0.25, 0.3) is 0 Å². The molecule has 0 radical (unpaired) electrons. The number of benzene rings is 1. The van der Waals surface area contributed by atoms with Crippen molar-refractivity contribution in [3.63, 3.8) is 0 Å². The van der Waals surface area contributed by atoms with E-state index >= 15 is 0 Å². The van der Waals surface area contributed by atoms with Crippen LogP contribution in [0.5, 0.6) is 0 Å². The summed E-state index contributed by atoms with van der Waals surface area (Å²) in [5.74, 6) is -3.75. The van der Waals surface area contributed by atoms with Crippen LogP contribution in [0.3, 0.4) is 0 Å². The number of thiocarbonyl (C=S) groups is 1. The minimum Gasteiger partial charge on any atom is -0.389 e. The number of nitrogens with two attached hydrogens (primary N) is 1. The Hall–Kier alpha value is -1.49. The highest BCUT2D eigenvalue weighted by Gasteiger charge is 2.32. The lowest BCUT2D eigenvalue weighted by Gasteiger charge is -2.14. The van der Waals surface area contributed by atoms with Crippen LogP contribution in [-0.2, 0) is 16.2 Å². The van der Waals surface area contributed by atoms with Crippen LogP contribution in [0, 0.1) is 0 Å². The van der Waals surface area contributed by atoms with E-state index in [4.69, 9.17) is 5.73 Å². The SMILES string of the molecule is NC(=S)c1cc(C(F)(F)F)ccc1NS(=O)(=O)C(F)F. The van der Waals surface area contributed by atoms with Crippen molar-refractivity contribution in [3.8, 4) is 0 Å². The molecule has 0 aromatic heterocycles. The van der Waals surface area contributed by atoms with Crippen molar-refractivity contribution in [2.24, 2.45) is 5.73 Å². The fourth-order valence-corrected chi connectivity index (χ4v) is 1.95. The monoisotopic (exact) mass is 334 g/mol. The molecule has 3 N–H and O–H groups in total. The van der Waals surface area contributed by atoms with Crippen molar-refractivity contribution < 1.29 is 30.4 Å². The van der Waals surface area contributed by atoms with Crippen LogP contribution in [0.4, 0.5) is 27.6 Å². The van der Waals surface area contributed by atoms with E-state index < -0.39 is 43.8 Å². The maximum atomic E-state index is 12.5. The highest BCUT2D eigenvalue weighted by atomic mass is 32.2. The molecular formula is C9H7F5N2O2S2. The zero-order valence-electron chi connectivity index (χ0n) is 9.41. The number of hydrogen-bond acceptors (Lipinski definition) is 3.